The predicted octanol–water partition coefficient (Wildman–Crippen LogP) is 1.14. The van der Waals surface area contributed by atoms with Crippen molar-refractivity contribution < 1.29 is 9.71 Å². The predicted molar refractivity (Wildman–Crippen MR) is 65.7 cm³/mol. The lowest BCUT2D eigenvalue weighted by Gasteiger charge is -2.17. The van der Waals surface area contributed by atoms with Crippen molar-refractivity contribution in [1.29, 1.82) is 0 Å². The summed E-state index contributed by atoms with van der Waals surface area (Å²) >= 11 is 3.55. The standard InChI is InChI=1S/C12H14BrFN2/c13-10-5-11(8-15-7-10)16-6-9-3-1-2-4-12(9)14/h1-5,10,15-16H,6-8H2/p+1. The maximum Gasteiger partial charge on any atom is 0.128 e. The Hall–Kier alpha value is -0.870. The number of nitrogens with two attached hydrogens (primary N) is 1. The topological polar surface area (TPSA) is 28.6 Å². The van der Waals surface area contributed by atoms with Crippen LogP contribution >= 0.6 is 15.9 Å². The average molecular weight is 286 g/mol. The van der Waals surface area contributed by atoms with E-state index in [1.54, 1.807) is 12.1 Å². The smallest absolute Gasteiger partial charge is 0.128 e. The first kappa shape index (κ1) is 11.6. The van der Waals surface area contributed by atoms with Gasteiger partial charge in [0.25, 0.3) is 0 Å². The number of nitrogens with one attached hydrogen (secondary N) is 1. The molecule has 16 heavy (non-hydrogen) atoms. The molecule has 0 fully saturated rings. The Kier molecular flexibility index (Phi) is 3.96. The molecule has 1 atom stereocenters. The van der Waals surface area contributed by atoms with E-state index >= 15 is 0 Å². The summed E-state index contributed by atoms with van der Waals surface area (Å²) in [7, 11) is 0. The molecule has 0 radical (unpaired) electrons. The number of alkyl halides is 1. The third-order valence-corrected chi connectivity index (χ3v) is 3.24. The second-order valence-electron chi connectivity index (χ2n) is 3.88. The molecule has 2 nitrogen and oxygen atoms in total. The Morgan fingerprint density at radius 2 is 2.25 bits per heavy atom. The van der Waals surface area contributed by atoms with Crippen molar-refractivity contribution in [2.45, 2.75) is 11.4 Å². The molecule has 0 aromatic heterocycles. The van der Waals surface area contributed by atoms with Gasteiger partial charge in [-0.1, -0.05) is 34.1 Å². The molecular formula is C12H15BrFN2+. The Morgan fingerprint density at radius 3 is 3.00 bits per heavy atom. The number of halogens is 2. The van der Waals surface area contributed by atoms with E-state index in [1.807, 2.05) is 6.07 Å². The third-order valence-electron chi connectivity index (χ3n) is 2.60. The van der Waals surface area contributed by atoms with Crippen LogP contribution in [0, 0.1) is 5.82 Å². The van der Waals surface area contributed by atoms with Gasteiger partial charge in [0.15, 0.2) is 0 Å². The van der Waals surface area contributed by atoms with Gasteiger partial charge in [0, 0.05) is 12.1 Å². The molecule has 0 spiro atoms. The molecule has 4 heteroatoms. The molecule has 0 aliphatic carbocycles. The molecule has 1 aliphatic heterocycles. The fraction of sp³-hybridized carbons (Fsp3) is 0.333. The summed E-state index contributed by atoms with van der Waals surface area (Å²) in [5.41, 5.74) is 1.87. The van der Waals surface area contributed by atoms with Gasteiger partial charge in [-0.05, 0) is 12.1 Å². The molecule has 0 amide bonds. The van der Waals surface area contributed by atoms with E-state index in [2.05, 4.69) is 32.6 Å². The van der Waals surface area contributed by atoms with Crippen LogP contribution in [0.4, 0.5) is 4.39 Å². The van der Waals surface area contributed by atoms with Crippen molar-refractivity contribution in [2.75, 3.05) is 13.1 Å². The summed E-state index contributed by atoms with van der Waals surface area (Å²) in [6, 6.07) is 6.86. The summed E-state index contributed by atoms with van der Waals surface area (Å²) in [6.07, 6.45) is 2.15. The number of rotatable bonds is 3. The Balaban J connectivity index is 1.95. The van der Waals surface area contributed by atoms with Crippen molar-refractivity contribution >= 4 is 15.9 Å². The third kappa shape index (κ3) is 3.06. The van der Waals surface area contributed by atoms with E-state index in [-0.39, 0.29) is 5.82 Å². The Labute approximate surface area is 103 Å². The maximum atomic E-state index is 13.3. The van der Waals surface area contributed by atoms with E-state index in [9.17, 15) is 4.39 Å². The minimum Gasteiger partial charge on any atom is -0.380 e. The quantitative estimate of drug-likeness (QED) is 0.802. The maximum absolute atomic E-state index is 13.3. The van der Waals surface area contributed by atoms with Gasteiger partial charge < -0.3 is 10.6 Å². The van der Waals surface area contributed by atoms with Crippen LogP contribution in [0.25, 0.3) is 0 Å². The summed E-state index contributed by atoms with van der Waals surface area (Å²) < 4.78 is 13.3. The van der Waals surface area contributed by atoms with Crippen LogP contribution < -0.4 is 10.6 Å². The van der Waals surface area contributed by atoms with Crippen LogP contribution in [-0.2, 0) is 6.54 Å². The van der Waals surface area contributed by atoms with Gasteiger partial charge in [-0.15, -0.1) is 0 Å². The highest BCUT2D eigenvalue weighted by molar-refractivity contribution is 9.09. The van der Waals surface area contributed by atoms with Crippen molar-refractivity contribution in [2.24, 2.45) is 0 Å². The number of quaternary nitrogens is 1. The van der Waals surface area contributed by atoms with E-state index in [0.717, 1.165) is 18.8 Å². The molecule has 1 aliphatic rings. The first-order valence-electron chi connectivity index (χ1n) is 5.39. The zero-order valence-electron chi connectivity index (χ0n) is 8.92. The average Bonchev–Trinajstić information content (AvgIpc) is 2.28. The van der Waals surface area contributed by atoms with Crippen molar-refractivity contribution in [3.63, 3.8) is 0 Å². The molecule has 0 bridgehead atoms. The van der Waals surface area contributed by atoms with E-state index in [0.29, 0.717) is 16.9 Å². The summed E-state index contributed by atoms with van der Waals surface area (Å²) in [4.78, 5) is 0.407. The first-order chi connectivity index (χ1) is 7.75. The normalized spacial score (nSPS) is 20.4. The van der Waals surface area contributed by atoms with Gasteiger partial charge >= 0.3 is 0 Å². The zero-order valence-corrected chi connectivity index (χ0v) is 10.5. The van der Waals surface area contributed by atoms with Crippen LogP contribution in [0.15, 0.2) is 36.0 Å². The van der Waals surface area contributed by atoms with E-state index in [1.165, 1.54) is 6.07 Å². The van der Waals surface area contributed by atoms with Crippen LogP contribution in [0.2, 0.25) is 0 Å². The van der Waals surface area contributed by atoms with E-state index in [4.69, 9.17) is 0 Å². The Morgan fingerprint density at radius 1 is 1.44 bits per heavy atom. The number of benzene rings is 1. The lowest BCUT2D eigenvalue weighted by atomic mass is 10.2. The van der Waals surface area contributed by atoms with Gasteiger partial charge in [0.1, 0.15) is 12.4 Å². The number of hydrogen-bond acceptors (Lipinski definition) is 1. The number of hydrogen-bond donors (Lipinski definition) is 2. The van der Waals surface area contributed by atoms with Gasteiger partial charge in [-0.2, -0.15) is 0 Å². The minimum absolute atomic E-state index is 0.147. The molecule has 86 valence electrons. The van der Waals surface area contributed by atoms with Crippen LogP contribution in [0.3, 0.4) is 0 Å². The van der Waals surface area contributed by atoms with Gasteiger partial charge in [-0.25, -0.2) is 4.39 Å². The molecular weight excluding hydrogens is 271 g/mol. The molecule has 3 N–H and O–H groups in total. The summed E-state index contributed by atoms with van der Waals surface area (Å²) in [5, 5.41) is 5.49. The fourth-order valence-corrected chi connectivity index (χ4v) is 2.32. The molecule has 1 unspecified atom stereocenters. The lowest BCUT2D eigenvalue weighted by molar-refractivity contribution is -0.648. The molecule has 1 aromatic carbocycles. The van der Waals surface area contributed by atoms with Crippen molar-refractivity contribution in [1.82, 2.24) is 5.32 Å². The molecule has 2 rings (SSSR count). The highest BCUT2D eigenvalue weighted by Crippen LogP contribution is 2.08. The molecule has 0 saturated carbocycles. The fourth-order valence-electron chi connectivity index (χ4n) is 1.73. The monoisotopic (exact) mass is 285 g/mol. The van der Waals surface area contributed by atoms with Crippen LogP contribution in [0.1, 0.15) is 5.56 Å². The summed E-state index contributed by atoms with van der Waals surface area (Å²) in [6.45, 7) is 2.55. The van der Waals surface area contributed by atoms with Crippen LogP contribution in [0.5, 0.6) is 0 Å². The Bertz CT molecular complexity index is 392. The highest BCUT2D eigenvalue weighted by Gasteiger charge is 2.12. The minimum atomic E-state index is -0.147. The van der Waals surface area contributed by atoms with Crippen LogP contribution in [-0.4, -0.2) is 17.9 Å². The summed E-state index contributed by atoms with van der Waals surface area (Å²) in [5.74, 6) is -0.147. The largest absolute Gasteiger partial charge is 0.380 e. The van der Waals surface area contributed by atoms with Crippen molar-refractivity contribution in [3.8, 4) is 0 Å². The second-order valence-corrected chi connectivity index (χ2v) is 5.06. The molecule has 1 aromatic rings. The molecule has 0 saturated heterocycles. The van der Waals surface area contributed by atoms with Gasteiger partial charge in [-0.3, -0.25) is 0 Å². The first-order valence-corrected chi connectivity index (χ1v) is 6.31. The SMILES string of the molecule is Fc1ccccc1CNC1=CC(Br)C[NH2+]C1. The van der Waals surface area contributed by atoms with E-state index < -0.39 is 0 Å². The lowest BCUT2D eigenvalue weighted by Crippen LogP contribution is -2.88. The van der Waals surface area contributed by atoms with Gasteiger partial charge in [0.05, 0.1) is 17.1 Å². The second kappa shape index (κ2) is 5.46. The van der Waals surface area contributed by atoms with Gasteiger partial charge in [0.2, 0.25) is 0 Å². The highest BCUT2D eigenvalue weighted by atomic mass is 79.9. The van der Waals surface area contributed by atoms with Crippen molar-refractivity contribution in [3.05, 3.63) is 47.4 Å². The zero-order chi connectivity index (χ0) is 11.4. The molecule has 1 heterocycles.